The van der Waals surface area contributed by atoms with Gasteiger partial charge in [0.1, 0.15) is 11.5 Å². The third kappa shape index (κ3) is 2.88. The van der Waals surface area contributed by atoms with Gasteiger partial charge in [-0.25, -0.2) is 4.90 Å². The molecule has 0 aliphatic carbocycles. The van der Waals surface area contributed by atoms with Gasteiger partial charge in [-0.1, -0.05) is 17.4 Å². The van der Waals surface area contributed by atoms with E-state index >= 15 is 0 Å². The van der Waals surface area contributed by atoms with Crippen LogP contribution < -0.4 is 14.4 Å². The summed E-state index contributed by atoms with van der Waals surface area (Å²) in [6.45, 7) is 0.379. The van der Waals surface area contributed by atoms with Crippen LogP contribution in [-0.4, -0.2) is 43.1 Å². The van der Waals surface area contributed by atoms with Crippen molar-refractivity contribution in [3.05, 3.63) is 54.1 Å². The molecular weight excluding hydrogens is 348 g/mol. The van der Waals surface area contributed by atoms with Gasteiger partial charge in [-0.2, -0.15) is 5.11 Å². The number of fused-ring (bicyclic) bond motifs is 1. The molecule has 0 aromatic heterocycles. The first-order valence-electron chi connectivity index (χ1n) is 8.44. The van der Waals surface area contributed by atoms with Gasteiger partial charge < -0.3 is 9.47 Å². The zero-order chi connectivity index (χ0) is 19.0. The first-order chi connectivity index (χ1) is 13.1. The van der Waals surface area contributed by atoms with E-state index in [1.165, 1.54) is 4.90 Å². The molecule has 27 heavy (non-hydrogen) atoms. The van der Waals surface area contributed by atoms with Crippen LogP contribution in [0.2, 0.25) is 0 Å². The molecule has 2 aliphatic heterocycles. The minimum absolute atomic E-state index is 0.325. The number of rotatable bonds is 5. The van der Waals surface area contributed by atoms with Gasteiger partial charge >= 0.3 is 0 Å². The first kappa shape index (κ1) is 17.0. The second kappa shape index (κ2) is 6.71. The third-order valence-corrected chi connectivity index (χ3v) is 4.69. The molecule has 0 bridgehead atoms. The van der Waals surface area contributed by atoms with E-state index in [9.17, 15) is 9.59 Å². The highest BCUT2D eigenvalue weighted by molar-refractivity contribution is 6.25. The van der Waals surface area contributed by atoms with Crippen molar-refractivity contribution in [3.63, 3.8) is 0 Å². The van der Waals surface area contributed by atoms with E-state index in [0.717, 1.165) is 11.3 Å². The molecule has 2 aromatic carbocycles. The summed E-state index contributed by atoms with van der Waals surface area (Å²) in [6.07, 6.45) is 0. The Bertz CT molecular complexity index is 895. The highest BCUT2D eigenvalue weighted by Crippen LogP contribution is 2.33. The molecule has 2 aromatic rings. The Kier molecular flexibility index (Phi) is 4.23. The second-order valence-corrected chi connectivity index (χ2v) is 6.25. The van der Waals surface area contributed by atoms with Crippen LogP contribution in [0.3, 0.4) is 0 Å². The molecule has 0 spiro atoms. The van der Waals surface area contributed by atoms with Crippen LogP contribution in [0.25, 0.3) is 0 Å². The van der Waals surface area contributed by atoms with E-state index in [1.807, 2.05) is 24.3 Å². The zero-order valence-corrected chi connectivity index (χ0v) is 14.9. The smallest absolute Gasteiger partial charge is 0.263 e. The molecule has 2 aliphatic rings. The summed E-state index contributed by atoms with van der Waals surface area (Å²) in [6, 6.07) is 12.7. The maximum Gasteiger partial charge on any atom is 0.263 e. The van der Waals surface area contributed by atoms with Gasteiger partial charge in [0.25, 0.3) is 11.8 Å². The van der Waals surface area contributed by atoms with E-state index in [-0.39, 0.29) is 11.8 Å². The molecule has 2 heterocycles. The van der Waals surface area contributed by atoms with Crippen LogP contribution in [0.4, 0.5) is 5.69 Å². The van der Waals surface area contributed by atoms with Crippen molar-refractivity contribution in [3.8, 4) is 11.5 Å². The minimum Gasteiger partial charge on any atom is -0.497 e. The van der Waals surface area contributed by atoms with Crippen molar-refractivity contribution >= 4 is 17.5 Å². The predicted molar refractivity (Wildman–Crippen MR) is 96.5 cm³/mol. The number of carbonyl (C=O) groups is 2. The van der Waals surface area contributed by atoms with Crippen LogP contribution in [0.5, 0.6) is 11.5 Å². The first-order valence-corrected chi connectivity index (χ1v) is 8.44. The molecule has 2 unspecified atom stereocenters. The lowest BCUT2D eigenvalue weighted by Crippen LogP contribution is -2.39. The van der Waals surface area contributed by atoms with E-state index in [1.54, 1.807) is 43.5 Å². The van der Waals surface area contributed by atoms with E-state index in [0.29, 0.717) is 18.0 Å². The second-order valence-electron chi connectivity index (χ2n) is 6.25. The van der Waals surface area contributed by atoms with Gasteiger partial charge in [-0.05, 0) is 42.0 Å². The lowest BCUT2D eigenvalue weighted by Gasteiger charge is -2.20. The summed E-state index contributed by atoms with van der Waals surface area (Å²) >= 11 is 0. The minimum atomic E-state index is -0.808. The number of amides is 2. The summed E-state index contributed by atoms with van der Waals surface area (Å²) in [7, 11) is 3.16. The maximum atomic E-state index is 12.9. The number of carbonyl (C=O) groups excluding carboxylic acids is 2. The Balaban J connectivity index is 1.55. The fraction of sp³-hybridized carbons (Fsp3) is 0.263. The fourth-order valence-corrected chi connectivity index (χ4v) is 3.26. The Morgan fingerprint density at radius 3 is 2.07 bits per heavy atom. The van der Waals surface area contributed by atoms with Crippen LogP contribution >= 0.6 is 0 Å². The molecule has 2 amide bonds. The van der Waals surface area contributed by atoms with Crippen LogP contribution in [0.15, 0.2) is 58.9 Å². The molecule has 8 nitrogen and oxygen atoms in total. The number of benzene rings is 2. The van der Waals surface area contributed by atoms with Crippen molar-refractivity contribution in [1.82, 2.24) is 5.01 Å². The largest absolute Gasteiger partial charge is 0.497 e. The molecule has 4 rings (SSSR count). The molecule has 138 valence electrons. The van der Waals surface area contributed by atoms with Gasteiger partial charge in [0.2, 0.25) is 0 Å². The van der Waals surface area contributed by atoms with Crippen LogP contribution in [0, 0.1) is 0 Å². The zero-order valence-electron chi connectivity index (χ0n) is 14.9. The highest BCUT2D eigenvalue weighted by atomic mass is 16.5. The maximum absolute atomic E-state index is 12.9. The van der Waals surface area contributed by atoms with Gasteiger partial charge in [0.05, 0.1) is 26.5 Å². The summed E-state index contributed by atoms with van der Waals surface area (Å²) in [5, 5.41) is 9.66. The van der Waals surface area contributed by atoms with Gasteiger partial charge in [-0.15, -0.1) is 0 Å². The fourth-order valence-electron chi connectivity index (χ4n) is 3.26. The Morgan fingerprint density at radius 2 is 1.48 bits per heavy atom. The van der Waals surface area contributed by atoms with Gasteiger partial charge in [0, 0.05) is 0 Å². The highest BCUT2D eigenvalue weighted by Gasteiger charge is 2.54. The number of ether oxygens (including phenoxy) is 2. The van der Waals surface area contributed by atoms with Crippen LogP contribution in [0.1, 0.15) is 5.56 Å². The van der Waals surface area contributed by atoms with Crippen molar-refractivity contribution in [2.45, 2.75) is 18.6 Å². The number of imide groups is 1. The Labute approximate surface area is 156 Å². The molecule has 0 saturated carbocycles. The summed E-state index contributed by atoms with van der Waals surface area (Å²) in [5.41, 5.74) is 1.44. The average molecular weight is 366 g/mol. The number of hydrogen-bond donors (Lipinski definition) is 0. The molecule has 2 atom stereocenters. The molecule has 1 fully saturated rings. The molecule has 0 radical (unpaired) electrons. The molecule has 8 heteroatoms. The third-order valence-electron chi connectivity index (χ3n) is 4.69. The van der Waals surface area contributed by atoms with Gasteiger partial charge in [-0.3, -0.25) is 14.6 Å². The normalized spacial score (nSPS) is 21.0. The topological polar surface area (TPSA) is 83.8 Å². The van der Waals surface area contributed by atoms with E-state index < -0.39 is 12.1 Å². The molecule has 0 N–H and O–H groups in total. The van der Waals surface area contributed by atoms with Crippen molar-refractivity contribution in [1.29, 1.82) is 0 Å². The lowest BCUT2D eigenvalue weighted by molar-refractivity contribution is -0.123. The quantitative estimate of drug-likeness (QED) is 0.758. The Hall–Kier alpha value is -3.42. The van der Waals surface area contributed by atoms with Crippen molar-refractivity contribution < 1.29 is 19.1 Å². The average Bonchev–Trinajstić information content (AvgIpc) is 3.22. The predicted octanol–water partition coefficient (Wildman–Crippen LogP) is 2.20. The summed E-state index contributed by atoms with van der Waals surface area (Å²) in [4.78, 5) is 26.8. The number of nitrogens with zero attached hydrogens (tertiary/aromatic N) is 4. The number of anilines is 1. The van der Waals surface area contributed by atoms with E-state index in [2.05, 4.69) is 10.3 Å². The monoisotopic (exact) mass is 366 g/mol. The number of hydrogen-bond acceptors (Lipinski definition) is 7. The van der Waals surface area contributed by atoms with Crippen molar-refractivity contribution in [2.75, 3.05) is 19.1 Å². The lowest BCUT2D eigenvalue weighted by atomic mass is 10.1. The Morgan fingerprint density at radius 1 is 0.889 bits per heavy atom. The van der Waals surface area contributed by atoms with Crippen LogP contribution in [-0.2, 0) is 16.1 Å². The molecular formula is C19H18N4O4. The summed E-state index contributed by atoms with van der Waals surface area (Å²) < 4.78 is 10.3. The SMILES string of the molecule is COc1ccc(CN2N=NC3C(=O)N(c4ccc(OC)cc4)C(=O)C32)cc1. The number of methoxy groups -OCH3 is 2. The summed E-state index contributed by atoms with van der Waals surface area (Å²) in [5.74, 6) is 0.709. The van der Waals surface area contributed by atoms with E-state index in [4.69, 9.17) is 9.47 Å². The van der Waals surface area contributed by atoms with Crippen molar-refractivity contribution in [2.24, 2.45) is 10.3 Å². The van der Waals surface area contributed by atoms with Gasteiger partial charge in [0.15, 0.2) is 12.1 Å². The standard InChI is InChI=1S/C19H18N4O4/c1-26-14-7-3-12(4-8-14)11-22-17-16(20-21-22)18(24)23(19(17)25)13-5-9-15(27-2)10-6-13/h3-10,16-17H,11H2,1-2H3. The molecule has 1 saturated heterocycles.